The van der Waals surface area contributed by atoms with Crippen LogP contribution in [-0.4, -0.2) is 24.9 Å². The fraction of sp³-hybridized carbons (Fsp3) is 0.696. The van der Waals surface area contributed by atoms with Crippen LogP contribution in [0.3, 0.4) is 0 Å². The lowest BCUT2D eigenvalue weighted by Gasteiger charge is -2.30. The zero-order valence-corrected chi connectivity index (χ0v) is 15.7. The lowest BCUT2D eigenvalue weighted by atomic mass is 9.75. The molecule has 4 bridgehead atoms. The predicted octanol–water partition coefficient (Wildman–Crippen LogP) is 5.20. The molecule has 4 unspecified atom stereocenters. The average molecular weight is 338 g/mol. The Morgan fingerprint density at radius 2 is 1.36 bits per heavy atom. The summed E-state index contributed by atoms with van der Waals surface area (Å²) < 4.78 is 0. The van der Waals surface area contributed by atoms with Gasteiger partial charge in [-0.1, -0.05) is 31.0 Å². The van der Waals surface area contributed by atoms with E-state index in [2.05, 4.69) is 18.2 Å². The molecule has 1 aromatic carbocycles. The molecule has 4 fully saturated rings. The molecular formula is C23H31NO. The number of benzene rings is 1. The first-order valence-corrected chi connectivity index (χ1v) is 10.5. The Morgan fingerprint density at radius 1 is 0.840 bits per heavy atom. The van der Waals surface area contributed by atoms with E-state index in [0.29, 0.717) is 11.8 Å². The van der Waals surface area contributed by atoms with E-state index in [-0.39, 0.29) is 5.91 Å². The minimum atomic E-state index is 0.246. The van der Waals surface area contributed by atoms with Crippen molar-refractivity contribution < 1.29 is 4.79 Å². The maximum absolute atomic E-state index is 13.2. The molecule has 4 saturated carbocycles. The number of hydrogen-bond acceptors (Lipinski definition) is 1. The van der Waals surface area contributed by atoms with Gasteiger partial charge in [0.05, 0.1) is 0 Å². The fourth-order valence-corrected chi connectivity index (χ4v) is 6.93. The van der Waals surface area contributed by atoms with Crippen LogP contribution >= 0.6 is 0 Å². The molecule has 4 aliphatic carbocycles. The number of fused-ring (bicyclic) bond motifs is 4. The van der Waals surface area contributed by atoms with Gasteiger partial charge < -0.3 is 4.90 Å². The standard InChI is InChI=1S/C23H31NO/c1-24(2)23(25)22-18(20-12-14-6-8-16(20)10-14)4-3-5-19(22)21-13-15-7-9-17(21)11-15/h3-5,14-17,20-21H,6-13H2,1-2H3/t14?,15?,16-,17?,20?,21+/m1/s1. The van der Waals surface area contributed by atoms with Gasteiger partial charge in [-0.3, -0.25) is 4.79 Å². The zero-order valence-electron chi connectivity index (χ0n) is 15.7. The predicted molar refractivity (Wildman–Crippen MR) is 101 cm³/mol. The summed E-state index contributed by atoms with van der Waals surface area (Å²) >= 11 is 0. The first kappa shape index (κ1) is 15.9. The number of rotatable bonds is 3. The van der Waals surface area contributed by atoms with E-state index in [0.717, 1.165) is 29.2 Å². The second-order valence-electron chi connectivity index (χ2n) is 9.57. The summed E-state index contributed by atoms with van der Waals surface area (Å²) in [5.41, 5.74) is 3.89. The van der Waals surface area contributed by atoms with Crippen LogP contribution in [-0.2, 0) is 0 Å². The van der Waals surface area contributed by atoms with Crippen molar-refractivity contribution in [1.82, 2.24) is 4.90 Å². The van der Waals surface area contributed by atoms with Gasteiger partial charge in [0.2, 0.25) is 0 Å². The molecule has 5 rings (SSSR count). The van der Waals surface area contributed by atoms with E-state index < -0.39 is 0 Å². The van der Waals surface area contributed by atoms with Crippen LogP contribution in [0.15, 0.2) is 18.2 Å². The molecule has 25 heavy (non-hydrogen) atoms. The number of carbonyl (C=O) groups is 1. The Kier molecular flexibility index (Phi) is 3.73. The van der Waals surface area contributed by atoms with Crippen LogP contribution in [0.2, 0.25) is 0 Å². The van der Waals surface area contributed by atoms with E-state index >= 15 is 0 Å². The quantitative estimate of drug-likeness (QED) is 0.743. The van der Waals surface area contributed by atoms with Crippen LogP contribution in [0.4, 0.5) is 0 Å². The van der Waals surface area contributed by atoms with Gasteiger partial charge >= 0.3 is 0 Å². The molecule has 134 valence electrons. The summed E-state index contributed by atoms with van der Waals surface area (Å²) in [6.45, 7) is 0. The summed E-state index contributed by atoms with van der Waals surface area (Å²) in [7, 11) is 3.84. The van der Waals surface area contributed by atoms with E-state index in [9.17, 15) is 4.79 Å². The van der Waals surface area contributed by atoms with Gasteiger partial charge in [0.25, 0.3) is 5.91 Å². The summed E-state index contributed by atoms with van der Waals surface area (Å²) in [6, 6.07) is 6.84. The van der Waals surface area contributed by atoms with Crippen LogP contribution in [0.1, 0.15) is 84.7 Å². The lowest BCUT2D eigenvalue weighted by molar-refractivity contribution is 0.0823. The van der Waals surface area contributed by atoms with Crippen molar-refractivity contribution in [3.05, 3.63) is 34.9 Å². The second-order valence-corrected chi connectivity index (χ2v) is 9.57. The molecule has 2 nitrogen and oxygen atoms in total. The molecular weight excluding hydrogens is 306 g/mol. The number of nitrogens with zero attached hydrogens (tertiary/aromatic N) is 1. The molecule has 0 heterocycles. The van der Waals surface area contributed by atoms with Crippen molar-refractivity contribution in [3.8, 4) is 0 Å². The minimum Gasteiger partial charge on any atom is -0.345 e. The van der Waals surface area contributed by atoms with Gasteiger partial charge in [-0.15, -0.1) is 0 Å². The van der Waals surface area contributed by atoms with Gasteiger partial charge in [-0.25, -0.2) is 0 Å². The zero-order chi connectivity index (χ0) is 17.1. The normalized spacial score (nSPS) is 38.5. The summed E-state index contributed by atoms with van der Waals surface area (Å²) in [5.74, 6) is 5.01. The average Bonchev–Trinajstić information content (AvgIpc) is 3.40. The molecule has 0 aliphatic heterocycles. The topological polar surface area (TPSA) is 20.3 Å². The maximum atomic E-state index is 13.2. The first-order valence-electron chi connectivity index (χ1n) is 10.5. The SMILES string of the molecule is CN(C)C(=O)c1c(C2CC3CC[C@@H]2C3)cccc1[C@H]1CC2CCC1C2. The highest BCUT2D eigenvalue weighted by atomic mass is 16.2. The van der Waals surface area contributed by atoms with Crippen molar-refractivity contribution >= 4 is 5.91 Å². The van der Waals surface area contributed by atoms with Crippen LogP contribution < -0.4 is 0 Å². The summed E-state index contributed by atoms with van der Waals surface area (Å²) in [4.78, 5) is 15.0. The number of hydrogen-bond donors (Lipinski definition) is 0. The Balaban J connectivity index is 1.59. The minimum absolute atomic E-state index is 0.246. The third kappa shape index (κ3) is 2.47. The molecule has 4 aliphatic rings. The van der Waals surface area contributed by atoms with Gasteiger partial charge in [0.1, 0.15) is 0 Å². The van der Waals surface area contributed by atoms with Gasteiger partial charge in [0.15, 0.2) is 0 Å². The van der Waals surface area contributed by atoms with E-state index in [4.69, 9.17) is 0 Å². The number of amides is 1. The fourth-order valence-electron chi connectivity index (χ4n) is 6.93. The van der Waals surface area contributed by atoms with Gasteiger partial charge in [-0.2, -0.15) is 0 Å². The van der Waals surface area contributed by atoms with Crippen molar-refractivity contribution in [2.75, 3.05) is 14.1 Å². The second kappa shape index (κ2) is 5.86. The highest BCUT2D eigenvalue weighted by Crippen LogP contribution is 2.56. The monoisotopic (exact) mass is 337 g/mol. The van der Waals surface area contributed by atoms with Crippen LogP contribution in [0.5, 0.6) is 0 Å². The molecule has 1 amide bonds. The Morgan fingerprint density at radius 3 is 1.72 bits per heavy atom. The highest BCUT2D eigenvalue weighted by molar-refractivity contribution is 5.97. The van der Waals surface area contributed by atoms with Crippen LogP contribution in [0.25, 0.3) is 0 Å². The van der Waals surface area contributed by atoms with E-state index in [1.54, 1.807) is 0 Å². The Bertz CT molecular complexity index is 647. The number of carbonyl (C=O) groups excluding carboxylic acids is 1. The molecule has 1 aromatic rings. The van der Waals surface area contributed by atoms with Crippen molar-refractivity contribution in [2.24, 2.45) is 23.7 Å². The summed E-state index contributed by atoms with van der Waals surface area (Å²) in [6.07, 6.45) is 11.0. The Hall–Kier alpha value is -1.31. The van der Waals surface area contributed by atoms with Crippen molar-refractivity contribution in [3.63, 3.8) is 0 Å². The van der Waals surface area contributed by atoms with E-state index in [1.807, 2.05) is 19.0 Å². The maximum Gasteiger partial charge on any atom is 0.253 e. The highest BCUT2D eigenvalue weighted by Gasteiger charge is 2.44. The van der Waals surface area contributed by atoms with Gasteiger partial charge in [-0.05, 0) is 85.2 Å². The van der Waals surface area contributed by atoms with Crippen molar-refractivity contribution in [2.45, 2.75) is 63.2 Å². The molecule has 0 spiro atoms. The molecule has 0 aromatic heterocycles. The van der Waals surface area contributed by atoms with Crippen molar-refractivity contribution in [1.29, 1.82) is 0 Å². The molecule has 0 radical (unpaired) electrons. The molecule has 0 N–H and O–H groups in total. The third-order valence-electron chi connectivity index (χ3n) is 8.02. The van der Waals surface area contributed by atoms with Gasteiger partial charge in [0, 0.05) is 19.7 Å². The Labute approximate surface area is 152 Å². The third-order valence-corrected chi connectivity index (χ3v) is 8.02. The largest absolute Gasteiger partial charge is 0.345 e. The first-order chi connectivity index (χ1) is 12.1. The lowest BCUT2D eigenvalue weighted by Crippen LogP contribution is -2.27. The molecule has 0 saturated heterocycles. The summed E-state index contributed by atoms with van der Waals surface area (Å²) in [5, 5.41) is 0. The van der Waals surface area contributed by atoms with Crippen LogP contribution in [0, 0.1) is 23.7 Å². The molecule has 2 heteroatoms. The molecule has 6 atom stereocenters. The van der Waals surface area contributed by atoms with E-state index in [1.165, 1.54) is 62.5 Å². The smallest absolute Gasteiger partial charge is 0.253 e.